The molecule has 2 aromatic heterocycles. The first-order chi connectivity index (χ1) is 12.8. The molecule has 8 heteroatoms. The normalized spacial score (nSPS) is 21.8. The molecule has 1 amide bonds. The van der Waals surface area contributed by atoms with Crippen molar-refractivity contribution in [3.8, 4) is 0 Å². The number of thiazole rings is 1. The molecular formula is C18H24N4O3S. The predicted molar refractivity (Wildman–Crippen MR) is 96.2 cm³/mol. The fourth-order valence-corrected chi connectivity index (χ4v) is 4.30. The van der Waals surface area contributed by atoms with Gasteiger partial charge in [0.2, 0.25) is 5.89 Å². The van der Waals surface area contributed by atoms with Crippen LogP contribution in [-0.2, 0) is 11.2 Å². The maximum atomic E-state index is 12.5. The van der Waals surface area contributed by atoms with E-state index in [0.717, 1.165) is 76.5 Å². The largest absolute Gasteiger partial charge is 0.381 e. The van der Waals surface area contributed by atoms with Gasteiger partial charge in [-0.1, -0.05) is 5.16 Å². The molecule has 0 spiro atoms. The molecule has 0 radical (unpaired) electrons. The number of rotatable bonds is 5. The Hall–Kier alpha value is -1.80. The average molecular weight is 376 g/mol. The van der Waals surface area contributed by atoms with Gasteiger partial charge in [0.15, 0.2) is 5.82 Å². The minimum Gasteiger partial charge on any atom is -0.381 e. The number of hydrogen-bond donors (Lipinski definition) is 0. The molecule has 2 saturated heterocycles. The molecule has 0 bridgehead atoms. The van der Waals surface area contributed by atoms with Crippen molar-refractivity contribution in [2.45, 2.75) is 44.4 Å². The van der Waals surface area contributed by atoms with E-state index >= 15 is 0 Å². The summed E-state index contributed by atoms with van der Waals surface area (Å²) >= 11 is 1.46. The van der Waals surface area contributed by atoms with Gasteiger partial charge in [0.05, 0.1) is 5.51 Å². The van der Waals surface area contributed by atoms with E-state index < -0.39 is 0 Å². The van der Waals surface area contributed by atoms with Crippen LogP contribution in [-0.4, -0.2) is 52.2 Å². The Bertz CT molecular complexity index is 712. The summed E-state index contributed by atoms with van der Waals surface area (Å²) in [6, 6.07) is 0. The summed E-state index contributed by atoms with van der Waals surface area (Å²) in [6.45, 7) is 3.16. The fraction of sp³-hybridized carbons (Fsp3) is 0.667. The van der Waals surface area contributed by atoms with Crippen LogP contribution in [0.3, 0.4) is 0 Å². The van der Waals surface area contributed by atoms with Crippen LogP contribution in [0.4, 0.5) is 0 Å². The topological polar surface area (TPSA) is 81.4 Å². The molecule has 140 valence electrons. The van der Waals surface area contributed by atoms with Gasteiger partial charge in [0.1, 0.15) is 5.69 Å². The molecule has 2 aliphatic rings. The summed E-state index contributed by atoms with van der Waals surface area (Å²) in [5.41, 5.74) is 2.27. The van der Waals surface area contributed by atoms with Crippen LogP contribution in [0.15, 0.2) is 15.4 Å². The van der Waals surface area contributed by atoms with Crippen molar-refractivity contribution in [3.05, 3.63) is 28.3 Å². The van der Waals surface area contributed by atoms with Crippen molar-refractivity contribution in [1.29, 1.82) is 0 Å². The Kier molecular flexibility index (Phi) is 5.59. The Morgan fingerprint density at radius 2 is 2.19 bits per heavy atom. The average Bonchev–Trinajstić information content (AvgIpc) is 3.39. The second-order valence-corrected chi connectivity index (χ2v) is 7.83. The summed E-state index contributed by atoms with van der Waals surface area (Å²) in [5.74, 6) is 2.42. The number of hydrogen-bond acceptors (Lipinski definition) is 7. The summed E-state index contributed by atoms with van der Waals surface area (Å²) in [7, 11) is 0. The van der Waals surface area contributed by atoms with Crippen molar-refractivity contribution in [2.24, 2.45) is 5.92 Å². The first kappa shape index (κ1) is 17.6. The maximum absolute atomic E-state index is 12.5. The number of nitrogens with zero attached hydrogens (tertiary/aromatic N) is 4. The van der Waals surface area contributed by atoms with Gasteiger partial charge in [-0.3, -0.25) is 4.79 Å². The highest BCUT2D eigenvalue weighted by Crippen LogP contribution is 2.26. The summed E-state index contributed by atoms with van der Waals surface area (Å²) in [6.07, 6.45) is 5.88. The van der Waals surface area contributed by atoms with E-state index in [9.17, 15) is 4.79 Å². The SMILES string of the molecule is O=C(c1cscn1)N1CCCC(CCc2noc(C3CCOCC3)n2)C1. The Morgan fingerprint density at radius 1 is 1.31 bits per heavy atom. The molecule has 7 nitrogen and oxygen atoms in total. The van der Waals surface area contributed by atoms with Crippen LogP contribution < -0.4 is 0 Å². The van der Waals surface area contributed by atoms with E-state index in [4.69, 9.17) is 9.26 Å². The second-order valence-electron chi connectivity index (χ2n) is 7.11. The highest BCUT2D eigenvalue weighted by molar-refractivity contribution is 7.07. The molecule has 1 unspecified atom stereocenters. The quantitative estimate of drug-likeness (QED) is 0.798. The molecule has 4 heterocycles. The van der Waals surface area contributed by atoms with Crippen LogP contribution in [0.1, 0.15) is 60.2 Å². The van der Waals surface area contributed by atoms with Crippen molar-refractivity contribution >= 4 is 17.2 Å². The van der Waals surface area contributed by atoms with Crippen LogP contribution in [0.2, 0.25) is 0 Å². The Balaban J connectivity index is 1.29. The van der Waals surface area contributed by atoms with Gasteiger partial charge in [-0.15, -0.1) is 11.3 Å². The molecular weight excluding hydrogens is 352 g/mol. The molecule has 0 N–H and O–H groups in total. The Labute approximate surface area is 156 Å². The number of aromatic nitrogens is 3. The van der Waals surface area contributed by atoms with Crippen molar-refractivity contribution in [2.75, 3.05) is 26.3 Å². The number of aryl methyl sites for hydroxylation is 1. The van der Waals surface area contributed by atoms with E-state index in [2.05, 4.69) is 15.1 Å². The zero-order valence-electron chi connectivity index (χ0n) is 14.8. The van der Waals surface area contributed by atoms with Crippen molar-refractivity contribution in [1.82, 2.24) is 20.0 Å². The lowest BCUT2D eigenvalue weighted by molar-refractivity contribution is 0.0663. The standard InChI is InChI=1S/C18H24N4O3S/c23-18(15-11-26-12-19-15)22-7-1-2-13(10-22)3-4-16-20-17(25-21-16)14-5-8-24-9-6-14/h11-14H,1-10H2. The summed E-state index contributed by atoms with van der Waals surface area (Å²) < 4.78 is 10.8. The zero-order chi connectivity index (χ0) is 17.8. The molecule has 0 aliphatic carbocycles. The third-order valence-corrected chi connectivity index (χ3v) is 5.87. The lowest BCUT2D eigenvalue weighted by Gasteiger charge is -2.32. The molecule has 0 aromatic carbocycles. The zero-order valence-corrected chi connectivity index (χ0v) is 15.6. The minimum atomic E-state index is 0.0531. The number of likely N-dealkylation sites (tertiary alicyclic amines) is 1. The van der Waals surface area contributed by atoms with Crippen LogP contribution in [0.25, 0.3) is 0 Å². The van der Waals surface area contributed by atoms with Gasteiger partial charge < -0.3 is 14.2 Å². The van der Waals surface area contributed by atoms with Gasteiger partial charge in [-0.2, -0.15) is 4.98 Å². The molecule has 26 heavy (non-hydrogen) atoms. The number of amides is 1. The molecule has 2 fully saturated rings. The molecule has 1 atom stereocenters. The van der Waals surface area contributed by atoms with Gasteiger partial charge in [0.25, 0.3) is 5.91 Å². The smallest absolute Gasteiger partial charge is 0.273 e. The highest BCUT2D eigenvalue weighted by Gasteiger charge is 2.26. The van der Waals surface area contributed by atoms with E-state index in [1.165, 1.54) is 11.3 Å². The third kappa shape index (κ3) is 4.12. The number of piperidine rings is 1. The maximum Gasteiger partial charge on any atom is 0.273 e. The Morgan fingerprint density at radius 3 is 3.00 bits per heavy atom. The first-order valence-electron chi connectivity index (χ1n) is 9.37. The van der Waals surface area contributed by atoms with Crippen molar-refractivity contribution < 1.29 is 14.1 Å². The molecule has 2 aliphatic heterocycles. The molecule has 4 rings (SSSR count). The monoisotopic (exact) mass is 376 g/mol. The number of ether oxygens (including phenoxy) is 1. The highest BCUT2D eigenvalue weighted by atomic mass is 32.1. The van der Waals surface area contributed by atoms with Gasteiger partial charge in [-0.05, 0) is 38.0 Å². The van der Waals surface area contributed by atoms with E-state index in [1.54, 1.807) is 5.51 Å². The second kappa shape index (κ2) is 8.26. The van der Waals surface area contributed by atoms with Crippen LogP contribution in [0, 0.1) is 5.92 Å². The van der Waals surface area contributed by atoms with Gasteiger partial charge in [0, 0.05) is 44.0 Å². The molecule has 0 saturated carbocycles. The van der Waals surface area contributed by atoms with Crippen molar-refractivity contribution in [3.63, 3.8) is 0 Å². The van der Waals surface area contributed by atoms with Gasteiger partial charge >= 0.3 is 0 Å². The fourth-order valence-electron chi connectivity index (χ4n) is 3.78. The van der Waals surface area contributed by atoms with E-state index in [-0.39, 0.29) is 5.91 Å². The lowest BCUT2D eigenvalue weighted by Crippen LogP contribution is -2.40. The van der Waals surface area contributed by atoms with Crippen LogP contribution in [0.5, 0.6) is 0 Å². The summed E-state index contributed by atoms with van der Waals surface area (Å²) in [4.78, 5) is 23.2. The minimum absolute atomic E-state index is 0.0531. The number of carbonyl (C=O) groups is 1. The summed E-state index contributed by atoms with van der Waals surface area (Å²) in [5, 5.41) is 5.98. The third-order valence-electron chi connectivity index (χ3n) is 5.29. The van der Waals surface area contributed by atoms with E-state index in [0.29, 0.717) is 17.5 Å². The number of carbonyl (C=O) groups excluding carboxylic acids is 1. The first-order valence-corrected chi connectivity index (χ1v) is 10.3. The van der Waals surface area contributed by atoms with Crippen LogP contribution >= 0.6 is 11.3 Å². The van der Waals surface area contributed by atoms with Gasteiger partial charge in [-0.25, -0.2) is 4.98 Å². The predicted octanol–water partition coefficient (Wildman–Crippen LogP) is 2.91. The lowest BCUT2D eigenvalue weighted by atomic mass is 9.93. The van der Waals surface area contributed by atoms with E-state index in [1.807, 2.05) is 10.3 Å². The molecule has 2 aromatic rings.